The average molecular weight is 374 g/mol. The van der Waals surface area contributed by atoms with Crippen LogP contribution in [-0.2, 0) is 23.5 Å². The van der Waals surface area contributed by atoms with Gasteiger partial charge in [0.05, 0.1) is 11.8 Å². The smallest absolute Gasteiger partial charge is 0.302 e. The third-order valence-corrected chi connectivity index (χ3v) is 9.92. The van der Waals surface area contributed by atoms with Crippen LogP contribution in [0.1, 0.15) is 47.5 Å². The Morgan fingerprint density at radius 1 is 1.08 bits per heavy atom. The van der Waals surface area contributed by atoms with Crippen molar-refractivity contribution in [3.05, 3.63) is 0 Å². The maximum Gasteiger partial charge on any atom is 0.302 e. The lowest BCUT2D eigenvalue weighted by Crippen LogP contribution is -2.57. The van der Waals surface area contributed by atoms with Crippen molar-refractivity contribution in [1.82, 2.24) is 0 Å². The molecule has 0 aliphatic heterocycles. The Kier molecular flexibility index (Phi) is 7.65. The highest BCUT2D eigenvalue weighted by Gasteiger charge is 2.48. The summed E-state index contributed by atoms with van der Waals surface area (Å²) in [4.78, 5) is 16.5. The van der Waals surface area contributed by atoms with Gasteiger partial charge in [0.15, 0.2) is 8.32 Å². The van der Waals surface area contributed by atoms with Crippen LogP contribution < -0.4 is 0 Å². The predicted octanol–water partition coefficient (Wildman–Crippen LogP) is 3.76. The maximum atomic E-state index is 11.6. The highest BCUT2D eigenvalue weighted by Crippen LogP contribution is 2.41. The molecule has 7 heteroatoms. The zero-order chi connectivity index (χ0) is 19.4. The summed E-state index contributed by atoms with van der Waals surface area (Å²) in [6, 6.07) is 0. The third kappa shape index (κ3) is 5.52. The predicted molar refractivity (Wildman–Crippen MR) is 101 cm³/mol. The quantitative estimate of drug-likeness (QED) is 0.307. The van der Waals surface area contributed by atoms with E-state index in [1.165, 1.54) is 6.92 Å². The molecule has 1 fully saturated rings. The van der Waals surface area contributed by atoms with Gasteiger partial charge in [0.2, 0.25) is 0 Å². The van der Waals surface area contributed by atoms with E-state index in [4.69, 9.17) is 18.7 Å². The van der Waals surface area contributed by atoms with Crippen LogP contribution in [0.4, 0.5) is 0 Å². The number of methoxy groups -OCH3 is 1. The van der Waals surface area contributed by atoms with E-state index in [0.717, 1.165) is 18.6 Å². The van der Waals surface area contributed by atoms with E-state index >= 15 is 0 Å². The van der Waals surface area contributed by atoms with Crippen molar-refractivity contribution in [3.63, 3.8) is 0 Å². The summed E-state index contributed by atoms with van der Waals surface area (Å²) in [7, 11) is 1.15. The number of hydrogen-bond donors (Lipinski definition) is 0. The van der Waals surface area contributed by atoms with Crippen molar-refractivity contribution in [2.75, 3.05) is 14.2 Å². The molecule has 0 radical (unpaired) electrons. The first-order valence-corrected chi connectivity index (χ1v) is 11.8. The number of rotatable bonds is 6. The van der Waals surface area contributed by atoms with Crippen molar-refractivity contribution in [2.24, 2.45) is 11.1 Å². The van der Waals surface area contributed by atoms with Crippen molar-refractivity contribution < 1.29 is 23.5 Å². The fourth-order valence-corrected chi connectivity index (χ4v) is 4.39. The molecule has 0 heterocycles. The van der Waals surface area contributed by atoms with Gasteiger partial charge in [0, 0.05) is 20.0 Å². The van der Waals surface area contributed by atoms with Crippen molar-refractivity contribution in [1.29, 1.82) is 0 Å². The van der Waals surface area contributed by atoms with Gasteiger partial charge in [-0.05, 0) is 37.9 Å². The molecule has 0 aromatic heterocycles. The third-order valence-electron chi connectivity index (χ3n) is 5.45. The van der Waals surface area contributed by atoms with Gasteiger partial charge < -0.3 is 18.7 Å². The molecular weight excluding hydrogens is 338 g/mol. The van der Waals surface area contributed by atoms with Gasteiger partial charge in [-0.2, -0.15) is 0 Å². The first kappa shape index (κ1) is 22.1. The Hall–Kier alpha value is -0.923. The molecule has 4 atom stereocenters. The maximum absolute atomic E-state index is 11.6. The molecule has 1 aliphatic carbocycles. The molecule has 25 heavy (non-hydrogen) atoms. The SMILES string of the molecule is CO/N=C(\C)[C@H]1CC[C@H](OC(C)=O)[C@@H](O[Si](C)(C)C(C)(C)C)[C@@H]1OC. The van der Waals surface area contributed by atoms with E-state index < -0.39 is 8.32 Å². The minimum absolute atomic E-state index is 0.0503. The van der Waals surface area contributed by atoms with E-state index in [9.17, 15) is 4.79 Å². The molecule has 0 spiro atoms. The molecule has 146 valence electrons. The summed E-state index contributed by atoms with van der Waals surface area (Å²) < 4.78 is 18.1. The molecule has 1 saturated carbocycles. The standard InChI is InChI=1S/C18H35NO5Si/c1-12(19-22-7)14-10-11-15(23-13(2)20)17(16(14)21-6)24-25(8,9)18(3,4)5/h14-17H,10-11H2,1-9H3/b19-12+/t14-,15+,16-,17-/m1/s1. The van der Waals surface area contributed by atoms with Crippen LogP contribution in [0.5, 0.6) is 0 Å². The van der Waals surface area contributed by atoms with E-state index in [1.54, 1.807) is 14.2 Å². The molecule has 0 aromatic rings. The van der Waals surface area contributed by atoms with Crippen LogP contribution in [0.2, 0.25) is 18.1 Å². The summed E-state index contributed by atoms with van der Waals surface area (Å²) in [5, 5.41) is 4.15. The van der Waals surface area contributed by atoms with Crippen molar-refractivity contribution >= 4 is 20.0 Å². The lowest BCUT2D eigenvalue weighted by molar-refractivity contribution is -0.165. The second-order valence-corrected chi connectivity index (χ2v) is 13.0. The Morgan fingerprint density at radius 3 is 2.12 bits per heavy atom. The second-order valence-electron chi connectivity index (χ2n) is 8.29. The van der Waals surface area contributed by atoms with E-state index in [-0.39, 0.29) is 35.2 Å². The largest absolute Gasteiger partial charge is 0.460 e. The van der Waals surface area contributed by atoms with Crippen LogP contribution in [0.25, 0.3) is 0 Å². The highest BCUT2D eigenvalue weighted by atomic mass is 28.4. The average Bonchev–Trinajstić information content (AvgIpc) is 2.46. The fraction of sp³-hybridized carbons (Fsp3) is 0.889. The molecule has 0 bridgehead atoms. The molecule has 1 aliphatic rings. The normalized spacial score (nSPS) is 28.6. The number of hydrogen-bond acceptors (Lipinski definition) is 6. The lowest BCUT2D eigenvalue weighted by atomic mass is 9.80. The molecule has 0 N–H and O–H groups in total. The van der Waals surface area contributed by atoms with Gasteiger partial charge in [-0.3, -0.25) is 4.79 Å². The number of oxime groups is 1. The van der Waals surface area contributed by atoms with Crippen LogP contribution in [0, 0.1) is 5.92 Å². The number of esters is 1. The first-order chi connectivity index (χ1) is 11.4. The Bertz CT molecular complexity index is 486. The minimum Gasteiger partial charge on any atom is -0.460 e. The monoisotopic (exact) mass is 373 g/mol. The summed E-state index contributed by atoms with van der Waals surface area (Å²) >= 11 is 0. The van der Waals surface area contributed by atoms with Gasteiger partial charge in [-0.15, -0.1) is 0 Å². The number of carbonyl (C=O) groups is 1. The Morgan fingerprint density at radius 2 is 1.68 bits per heavy atom. The van der Waals surface area contributed by atoms with Gasteiger partial charge in [-0.25, -0.2) is 0 Å². The summed E-state index contributed by atoms with van der Waals surface area (Å²) in [6.45, 7) is 14.4. The first-order valence-electron chi connectivity index (χ1n) is 8.90. The van der Waals surface area contributed by atoms with E-state index in [2.05, 4.69) is 39.0 Å². The molecule has 1 rings (SSSR count). The van der Waals surface area contributed by atoms with E-state index in [1.807, 2.05) is 6.92 Å². The minimum atomic E-state index is -2.07. The van der Waals surface area contributed by atoms with E-state index in [0.29, 0.717) is 0 Å². The van der Waals surface area contributed by atoms with Gasteiger partial charge in [0.25, 0.3) is 0 Å². The van der Waals surface area contributed by atoms with Crippen molar-refractivity contribution in [2.45, 2.75) is 83.9 Å². The highest BCUT2D eigenvalue weighted by molar-refractivity contribution is 6.74. The second kappa shape index (κ2) is 8.64. The van der Waals surface area contributed by atoms with Crippen LogP contribution >= 0.6 is 0 Å². The summed E-state index contributed by atoms with van der Waals surface area (Å²) in [5.41, 5.74) is 0.874. The molecule has 0 unspecified atom stereocenters. The number of carbonyl (C=O) groups excluding carboxylic acids is 1. The zero-order valence-corrected chi connectivity index (χ0v) is 18.2. The molecular formula is C18H35NO5Si. The van der Waals surface area contributed by atoms with Crippen LogP contribution in [0.3, 0.4) is 0 Å². The van der Waals surface area contributed by atoms with Crippen LogP contribution in [0.15, 0.2) is 5.16 Å². The Balaban J connectivity index is 3.18. The van der Waals surface area contributed by atoms with Gasteiger partial charge in [0.1, 0.15) is 19.3 Å². The summed E-state index contributed by atoms with van der Waals surface area (Å²) in [6.07, 6.45) is 0.691. The van der Waals surface area contributed by atoms with Gasteiger partial charge >= 0.3 is 5.97 Å². The molecule has 0 amide bonds. The van der Waals surface area contributed by atoms with Crippen LogP contribution in [-0.4, -0.2) is 52.5 Å². The zero-order valence-electron chi connectivity index (χ0n) is 17.2. The molecule has 6 nitrogen and oxygen atoms in total. The number of ether oxygens (including phenoxy) is 2. The molecule has 0 saturated heterocycles. The Labute approximate surface area is 153 Å². The fourth-order valence-electron chi connectivity index (χ4n) is 3.07. The lowest BCUT2D eigenvalue weighted by Gasteiger charge is -2.47. The number of nitrogens with zero attached hydrogens (tertiary/aromatic N) is 1. The molecule has 0 aromatic carbocycles. The van der Waals surface area contributed by atoms with Gasteiger partial charge in [-0.1, -0.05) is 25.9 Å². The van der Waals surface area contributed by atoms with Crippen molar-refractivity contribution in [3.8, 4) is 0 Å². The summed E-state index contributed by atoms with van der Waals surface area (Å²) in [5.74, 6) is -0.212. The topological polar surface area (TPSA) is 66.4 Å².